The second-order valence-electron chi connectivity index (χ2n) is 4.99. The molecule has 0 aliphatic heterocycles. The van der Waals surface area contributed by atoms with Gasteiger partial charge in [0.25, 0.3) is 5.91 Å². The van der Waals surface area contributed by atoms with Gasteiger partial charge in [-0.15, -0.1) is 0 Å². The molecule has 0 unspecified atom stereocenters. The van der Waals surface area contributed by atoms with Crippen LogP contribution in [0.15, 0.2) is 42.6 Å². The zero-order valence-electron chi connectivity index (χ0n) is 12.1. The lowest BCUT2D eigenvalue weighted by molar-refractivity contribution is 0.0907. The number of benzene rings is 1. The number of nitrogens with two attached hydrogens (primary N) is 1. The molecule has 4 N–H and O–H groups in total. The average Bonchev–Trinajstić information content (AvgIpc) is 2.88. The molecule has 0 saturated heterocycles. The molecule has 112 valence electrons. The van der Waals surface area contributed by atoms with Crippen molar-refractivity contribution in [2.24, 2.45) is 0 Å². The molecule has 0 bridgehead atoms. The van der Waals surface area contributed by atoms with Crippen LogP contribution in [0.1, 0.15) is 23.0 Å². The van der Waals surface area contributed by atoms with E-state index in [4.69, 9.17) is 5.73 Å². The molecule has 0 fully saturated rings. The number of hydrogen-bond donors (Lipinski definition) is 3. The fourth-order valence-electron chi connectivity index (χ4n) is 2.30. The fraction of sp³-hybridized carbons (Fsp3) is 0.312. The van der Waals surface area contributed by atoms with E-state index in [1.54, 1.807) is 16.8 Å². The van der Waals surface area contributed by atoms with Crippen LogP contribution in [0.4, 0.5) is 5.69 Å². The molecule has 0 spiro atoms. The van der Waals surface area contributed by atoms with E-state index in [0.29, 0.717) is 24.3 Å². The van der Waals surface area contributed by atoms with Crippen molar-refractivity contribution in [1.29, 1.82) is 0 Å². The Morgan fingerprint density at radius 1 is 1.38 bits per heavy atom. The first-order valence-corrected chi connectivity index (χ1v) is 7.05. The van der Waals surface area contributed by atoms with Gasteiger partial charge in [0, 0.05) is 12.7 Å². The van der Waals surface area contributed by atoms with Crippen LogP contribution in [0, 0.1) is 0 Å². The van der Waals surface area contributed by atoms with Crippen LogP contribution >= 0.6 is 0 Å². The smallest absolute Gasteiger partial charge is 0.268 e. The third kappa shape index (κ3) is 3.86. The Bertz CT molecular complexity index is 593. The van der Waals surface area contributed by atoms with Crippen molar-refractivity contribution in [2.75, 3.05) is 12.3 Å². The first-order valence-electron chi connectivity index (χ1n) is 7.05. The zero-order chi connectivity index (χ0) is 15.2. The highest BCUT2D eigenvalue weighted by Crippen LogP contribution is 2.11. The molecule has 0 aliphatic carbocycles. The maximum absolute atomic E-state index is 12.3. The average molecular weight is 287 g/mol. The van der Waals surface area contributed by atoms with E-state index in [-0.39, 0.29) is 18.6 Å². The zero-order valence-corrected chi connectivity index (χ0v) is 12.1. The number of amides is 1. The van der Waals surface area contributed by atoms with Crippen LogP contribution in [0.25, 0.3) is 0 Å². The quantitative estimate of drug-likeness (QED) is 0.751. The lowest BCUT2D eigenvalue weighted by Gasteiger charge is -2.17. The second kappa shape index (κ2) is 6.95. The standard InChI is InChI=1S/C16H21N3O2/c1-2-19-10-13(17)9-15(19)16(21)18-14(11-20)8-12-6-4-3-5-7-12/h3-7,9-10,14,20H,2,8,11,17H2,1H3,(H,18,21)/t14-/m0/s1. The van der Waals surface area contributed by atoms with Crippen LogP contribution in [0.3, 0.4) is 0 Å². The van der Waals surface area contributed by atoms with Gasteiger partial charge in [-0.1, -0.05) is 30.3 Å². The van der Waals surface area contributed by atoms with E-state index in [1.807, 2.05) is 37.3 Å². The molecule has 1 atom stereocenters. The van der Waals surface area contributed by atoms with E-state index in [1.165, 1.54) is 0 Å². The van der Waals surface area contributed by atoms with E-state index >= 15 is 0 Å². The molecule has 1 aromatic carbocycles. The molecule has 21 heavy (non-hydrogen) atoms. The molecule has 1 aromatic heterocycles. The minimum Gasteiger partial charge on any atom is -0.397 e. The van der Waals surface area contributed by atoms with Crippen LogP contribution < -0.4 is 11.1 Å². The fourth-order valence-corrected chi connectivity index (χ4v) is 2.30. The van der Waals surface area contributed by atoms with Gasteiger partial charge in [-0.05, 0) is 25.0 Å². The number of rotatable bonds is 6. The highest BCUT2D eigenvalue weighted by Gasteiger charge is 2.17. The molecule has 1 heterocycles. The van der Waals surface area contributed by atoms with Gasteiger partial charge in [0.05, 0.1) is 18.3 Å². The SMILES string of the molecule is CCn1cc(N)cc1C(=O)N[C@H](CO)Cc1ccccc1. The molecule has 0 radical (unpaired) electrons. The molecular weight excluding hydrogens is 266 g/mol. The number of carbonyl (C=O) groups is 1. The van der Waals surface area contributed by atoms with Gasteiger partial charge in [0.15, 0.2) is 0 Å². The van der Waals surface area contributed by atoms with Gasteiger partial charge in [-0.2, -0.15) is 0 Å². The van der Waals surface area contributed by atoms with Gasteiger partial charge < -0.3 is 20.7 Å². The summed E-state index contributed by atoms with van der Waals surface area (Å²) in [6.45, 7) is 2.51. The van der Waals surface area contributed by atoms with Crippen molar-refractivity contribution >= 4 is 11.6 Å². The molecular formula is C16H21N3O2. The molecule has 0 aliphatic rings. The Morgan fingerprint density at radius 2 is 2.10 bits per heavy atom. The molecule has 2 rings (SSSR count). The number of nitrogens with one attached hydrogen (secondary N) is 1. The maximum atomic E-state index is 12.3. The summed E-state index contributed by atoms with van der Waals surface area (Å²) >= 11 is 0. The second-order valence-corrected chi connectivity index (χ2v) is 4.99. The summed E-state index contributed by atoms with van der Waals surface area (Å²) in [5.74, 6) is -0.219. The number of nitrogen functional groups attached to an aromatic ring is 1. The lowest BCUT2D eigenvalue weighted by atomic mass is 10.1. The molecule has 5 heteroatoms. The van der Waals surface area contributed by atoms with Gasteiger partial charge in [0.2, 0.25) is 0 Å². The first-order chi connectivity index (χ1) is 10.1. The van der Waals surface area contributed by atoms with Crippen molar-refractivity contribution in [3.8, 4) is 0 Å². The van der Waals surface area contributed by atoms with Crippen molar-refractivity contribution in [3.05, 3.63) is 53.9 Å². The number of hydrogen-bond acceptors (Lipinski definition) is 3. The largest absolute Gasteiger partial charge is 0.397 e. The number of aliphatic hydroxyl groups is 1. The summed E-state index contributed by atoms with van der Waals surface area (Å²) in [6.07, 6.45) is 2.32. The number of aryl methyl sites for hydroxylation is 1. The van der Waals surface area contributed by atoms with Crippen molar-refractivity contribution < 1.29 is 9.90 Å². The van der Waals surface area contributed by atoms with E-state index in [2.05, 4.69) is 5.32 Å². The maximum Gasteiger partial charge on any atom is 0.268 e. The van der Waals surface area contributed by atoms with Crippen molar-refractivity contribution in [1.82, 2.24) is 9.88 Å². The minimum atomic E-state index is -0.318. The summed E-state index contributed by atoms with van der Waals surface area (Å²) in [4.78, 5) is 12.3. The highest BCUT2D eigenvalue weighted by molar-refractivity contribution is 5.94. The van der Waals surface area contributed by atoms with Gasteiger partial charge in [0.1, 0.15) is 5.69 Å². The summed E-state index contributed by atoms with van der Waals surface area (Å²) < 4.78 is 1.79. The summed E-state index contributed by atoms with van der Waals surface area (Å²) in [7, 11) is 0. The molecule has 1 amide bonds. The Labute approximate surface area is 124 Å². The van der Waals surface area contributed by atoms with E-state index < -0.39 is 0 Å². The van der Waals surface area contributed by atoms with E-state index in [0.717, 1.165) is 5.56 Å². The van der Waals surface area contributed by atoms with Crippen LogP contribution in [-0.2, 0) is 13.0 Å². The lowest BCUT2D eigenvalue weighted by Crippen LogP contribution is -2.39. The number of aromatic nitrogens is 1. The summed E-state index contributed by atoms with van der Waals surface area (Å²) in [6, 6.07) is 11.1. The van der Waals surface area contributed by atoms with Crippen LogP contribution in [0.5, 0.6) is 0 Å². The number of aliphatic hydroxyl groups excluding tert-OH is 1. The minimum absolute atomic E-state index is 0.108. The number of anilines is 1. The number of nitrogens with zero attached hydrogens (tertiary/aromatic N) is 1. The molecule has 0 saturated carbocycles. The predicted molar refractivity (Wildman–Crippen MR) is 83.0 cm³/mol. The molecule has 2 aromatic rings. The third-order valence-electron chi connectivity index (χ3n) is 3.37. The normalized spacial score (nSPS) is 12.1. The summed E-state index contributed by atoms with van der Waals surface area (Å²) in [5, 5.41) is 12.3. The highest BCUT2D eigenvalue weighted by atomic mass is 16.3. The monoisotopic (exact) mass is 287 g/mol. The first kappa shape index (κ1) is 15.1. The van der Waals surface area contributed by atoms with Crippen molar-refractivity contribution in [3.63, 3.8) is 0 Å². The van der Waals surface area contributed by atoms with Gasteiger partial charge in [-0.25, -0.2) is 0 Å². The van der Waals surface area contributed by atoms with Crippen molar-refractivity contribution in [2.45, 2.75) is 25.9 Å². The van der Waals surface area contributed by atoms with Crippen LogP contribution in [0.2, 0.25) is 0 Å². The Morgan fingerprint density at radius 3 is 2.71 bits per heavy atom. The topological polar surface area (TPSA) is 80.3 Å². The van der Waals surface area contributed by atoms with Gasteiger partial charge >= 0.3 is 0 Å². The Balaban J connectivity index is 2.05. The van der Waals surface area contributed by atoms with Gasteiger partial charge in [-0.3, -0.25) is 4.79 Å². The Kier molecular flexibility index (Phi) is 5.00. The Hall–Kier alpha value is -2.27. The number of carbonyl (C=O) groups excluding carboxylic acids is 1. The van der Waals surface area contributed by atoms with E-state index in [9.17, 15) is 9.90 Å². The predicted octanol–water partition coefficient (Wildman–Crippen LogP) is 1.42. The third-order valence-corrected chi connectivity index (χ3v) is 3.37. The molecule has 5 nitrogen and oxygen atoms in total. The summed E-state index contributed by atoms with van der Waals surface area (Å²) in [5.41, 5.74) is 7.88. The van der Waals surface area contributed by atoms with Crippen LogP contribution in [-0.4, -0.2) is 28.2 Å².